The van der Waals surface area contributed by atoms with Gasteiger partial charge in [0.1, 0.15) is 11.3 Å². The monoisotopic (exact) mass is 476 g/mol. The van der Waals surface area contributed by atoms with Crippen LogP contribution in [0.2, 0.25) is 0 Å². The van der Waals surface area contributed by atoms with E-state index in [-0.39, 0.29) is 11.9 Å². The molecule has 1 atom stereocenters. The van der Waals surface area contributed by atoms with E-state index >= 15 is 0 Å². The van der Waals surface area contributed by atoms with Crippen LogP contribution >= 0.6 is 0 Å². The zero-order valence-corrected chi connectivity index (χ0v) is 22.3. The summed E-state index contributed by atoms with van der Waals surface area (Å²) in [6.45, 7) is 15.8. The molecule has 2 aromatic carbocycles. The molecule has 0 saturated carbocycles. The van der Waals surface area contributed by atoms with Crippen LogP contribution in [-0.4, -0.2) is 43.6 Å². The van der Waals surface area contributed by atoms with Gasteiger partial charge >= 0.3 is 0 Å². The Kier molecular flexibility index (Phi) is 9.16. The molecule has 1 amide bonds. The number of amides is 1. The van der Waals surface area contributed by atoms with Crippen molar-refractivity contribution in [3.63, 3.8) is 0 Å². The summed E-state index contributed by atoms with van der Waals surface area (Å²) in [5.74, 6) is 0.606. The number of benzene rings is 2. The lowest BCUT2D eigenvalue weighted by Crippen LogP contribution is -2.32. The molecule has 3 aromatic rings. The standard InChI is InChI=1S/C30H40N2O3/c1-8-32(9-2)14-10-11-23(6)31-30(33)16-22(5)25-17-26-27(19-35-29(26)18-28(25)34-7)24-13-12-20(3)15-21(24)4/h12-13,15-19,23H,8-11,14H2,1-7H3,(H,31,33)/b22-16+. The fourth-order valence-electron chi connectivity index (χ4n) is 4.65. The van der Waals surface area contributed by atoms with Gasteiger partial charge in [0.2, 0.25) is 5.91 Å². The number of carbonyl (C=O) groups is 1. The highest BCUT2D eigenvalue weighted by Crippen LogP contribution is 2.38. The first kappa shape index (κ1) is 26.6. The van der Waals surface area contributed by atoms with E-state index in [1.807, 2.05) is 13.0 Å². The van der Waals surface area contributed by atoms with Crippen molar-refractivity contribution in [3.05, 3.63) is 59.4 Å². The van der Waals surface area contributed by atoms with Gasteiger partial charge in [0.25, 0.3) is 0 Å². The van der Waals surface area contributed by atoms with E-state index in [1.165, 1.54) is 11.1 Å². The summed E-state index contributed by atoms with van der Waals surface area (Å²) in [5.41, 5.74) is 7.12. The van der Waals surface area contributed by atoms with E-state index in [0.29, 0.717) is 5.75 Å². The lowest BCUT2D eigenvalue weighted by atomic mass is 9.96. The van der Waals surface area contributed by atoms with Crippen LogP contribution in [0.4, 0.5) is 0 Å². The summed E-state index contributed by atoms with van der Waals surface area (Å²) < 4.78 is 11.5. The number of fused-ring (bicyclic) bond motifs is 1. The highest BCUT2D eigenvalue weighted by molar-refractivity contribution is 6.00. The second-order valence-electron chi connectivity index (χ2n) is 9.42. The molecule has 5 nitrogen and oxygen atoms in total. The Morgan fingerprint density at radius 1 is 1.14 bits per heavy atom. The van der Waals surface area contributed by atoms with Crippen LogP contribution in [0.25, 0.3) is 27.7 Å². The number of nitrogens with zero attached hydrogens (tertiary/aromatic N) is 1. The first-order valence-electron chi connectivity index (χ1n) is 12.7. The van der Waals surface area contributed by atoms with Crippen molar-refractivity contribution in [1.29, 1.82) is 0 Å². The third-order valence-corrected chi connectivity index (χ3v) is 6.73. The number of furan rings is 1. The number of carbonyl (C=O) groups excluding carboxylic acids is 1. The molecule has 35 heavy (non-hydrogen) atoms. The molecule has 0 aliphatic rings. The number of ether oxygens (including phenoxy) is 1. The highest BCUT2D eigenvalue weighted by Gasteiger charge is 2.16. The molecule has 0 spiro atoms. The Hall–Kier alpha value is -3.05. The quantitative estimate of drug-likeness (QED) is 0.311. The molecule has 1 heterocycles. The summed E-state index contributed by atoms with van der Waals surface area (Å²) in [6.07, 6.45) is 5.50. The molecule has 0 saturated heterocycles. The third-order valence-electron chi connectivity index (χ3n) is 6.73. The number of aryl methyl sites for hydroxylation is 2. The summed E-state index contributed by atoms with van der Waals surface area (Å²) in [7, 11) is 1.64. The zero-order chi connectivity index (χ0) is 25.5. The van der Waals surface area contributed by atoms with Gasteiger partial charge in [-0.15, -0.1) is 0 Å². The molecule has 0 fully saturated rings. The minimum Gasteiger partial charge on any atom is -0.496 e. The normalized spacial score (nSPS) is 12.9. The predicted octanol–water partition coefficient (Wildman–Crippen LogP) is 6.76. The van der Waals surface area contributed by atoms with E-state index in [9.17, 15) is 4.79 Å². The molecule has 5 heteroatoms. The van der Waals surface area contributed by atoms with Gasteiger partial charge in [-0.1, -0.05) is 37.6 Å². The van der Waals surface area contributed by atoms with Gasteiger partial charge in [0.15, 0.2) is 0 Å². The second kappa shape index (κ2) is 12.1. The molecule has 0 bridgehead atoms. The molecule has 0 aliphatic heterocycles. The zero-order valence-electron chi connectivity index (χ0n) is 22.3. The van der Waals surface area contributed by atoms with Crippen molar-refractivity contribution >= 4 is 22.4 Å². The van der Waals surface area contributed by atoms with Crippen LogP contribution in [0.15, 0.2) is 47.1 Å². The first-order chi connectivity index (χ1) is 16.8. The highest BCUT2D eigenvalue weighted by atomic mass is 16.5. The minimum atomic E-state index is -0.0817. The maximum Gasteiger partial charge on any atom is 0.244 e. The minimum absolute atomic E-state index is 0.0817. The summed E-state index contributed by atoms with van der Waals surface area (Å²) in [5, 5.41) is 4.12. The predicted molar refractivity (Wildman–Crippen MR) is 146 cm³/mol. The van der Waals surface area contributed by atoms with Gasteiger partial charge in [0.05, 0.1) is 13.4 Å². The molecule has 1 N–H and O–H groups in total. The van der Waals surface area contributed by atoms with E-state index in [1.54, 1.807) is 19.4 Å². The van der Waals surface area contributed by atoms with Crippen LogP contribution in [-0.2, 0) is 4.79 Å². The van der Waals surface area contributed by atoms with Crippen molar-refractivity contribution < 1.29 is 13.9 Å². The fourth-order valence-corrected chi connectivity index (χ4v) is 4.65. The van der Waals surface area contributed by atoms with Gasteiger partial charge in [-0.05, 0) is 82.9 Å². The van der Waals surface area contributed by atoms with Crippen molar-refractivity contribution in [2.45, 2.75) is 60.4 Å². The smallest absolute Gasteiger partial charge is 0.244 e. The average Bonchev–Trinajstić information content (AvgIpc) is 3.23. The lowest BCUT2D eigenvalue weighted by Gasteiger charge is -2.19. The van der Waals surface area contributed by atoms with Crippen molar-refractivity contribution in [1.82, 2.24) is 10.2 Å². The molecule has 0 aliphatic carbocycles. The van der Waals surface area contributed by atoms with Crippen molar-refractivity contribution in [3.8, 4) is 16.9 Å². The average molecular weight is 477 g/mol. The fraction of sp³-hybridized carbons (Fsp3) is 0.433. The maximum atomic E-state index is 12.8. The molecule has 1 aromatic heterocycles. The largest absolute Gasteiger partial charge is 0.496 e. The van der Waals surface area contributed by atoms with Crippen molar-refractivity contribution in [2.75, 3.05) is 26.7 Å². The number of nitrogens with one attached hydrogen (secondary N) is 1. The van der Waals surface area contributed by atoms with E-state index in [2.05, 4.69) is 69.1 Å². The van der Waals surface area contributed by atoms with E-state index in [4.69, 9.17) is 9.15 Å². The maximum absolute atomic E-state index is 12.8. The number of hydrogen-bond acceptors (Lipinski definition) is 4. The number of hydrogen-bond donors (Lipinski definition) is 1. The molecule has 0 radical (unpaired) electrons. The molecule has 3 rings (SSSR count). The molecular formula is C30H40N2O3. The van der Waals surface area contributed by atoms with Gasteiger partial charge in [-0.25, -0.2) is 0 Å². The van der Waals surface area contributed by atoms with Crippen LogP contribution < -0.4 is 10.1 Å². The van der Waals surface area contributed by atoms with Crippen LogP contribution in [0.5, 0.6) is 5.75 Å². The Morgan fingerprint density at radius 3 is 2.54 bits per heavy atom. The summed E-state index contributed by atoms with van der Waals surface area (Å²) >= 11 is 0. The Bertz CT molecular complexity index is 1190. The summed E-state index contributed by atoms with van der Waals surface area (Å²) in [4.78, 5) is 15.2. The van der Waals surface area contributed by atoms with Crippen LogP contribution in [0.3, 0.4) is 0 Å². The number of methoxy groups -OCH3 is 1. The first-order valence-corrected chi connectivity index (χ1v) is 12.7. The van der Waals surface area contributed by atoms with Gasteiger partial charge in [-0.3, -0.25) is 4.79 Å². The lowest BCUT2D eigenvalue weighted by molar-refractivity contribution is -0.117. The number of allylic oxidation sites excluding steroid dienone is 1. The Labute approximate surface area is 210 Å². The number of rotatable bonds is 11. The molecule has 1 unspecified atom stereocenters. The molecule has 188 valence electrons. The topological polar surface area (TPSA) is 54.7 Å². The van der Waals surface area contributed by atoms with Gasteiger partial charge < -0.3 is 19.4 Å². The van der Waals surface area contributed by atoms with Gasteiger partial charge in [0, 0.05) is 34.7 Å². The van der Waals surface area contributed by atoms with Gasteiger partial charge in [-0.2, -0.15) is 0 Å². The van der Waals surface area contributed by atoms with Crippen LogP contribution in [0, 0.1) is 13.8 Å². The third kappa shape index (κ3) is 6.55. The Morgan fingerprint density at radius 2 is 1.89 bits per heavy atom. The van der Waals surface area contributed by atoms with Crippen LogP contribution in [0.1, 0.15) is 57.2 Å². The summed E-state index contributed by atoms with van der Waals surface area (Å²) in [6, 6.07) is 10.5. The SMILES string of the molecule is CCN(CC)CCCC(C)NC(=O)/C=C(\C)c1cc2c(-c3ccc(C)cc3C)coc2cc1OC. The Balaban J connectivity index is 1.81. The van der Waals surface area contributed by atoms with E-state index < -0.39 is 0 Å². The molecular weight excluding hydrogens is 436 g/mol. The van der Waals surface area contributed by atoms with E-state index in [0.717, 1.165) is 65.7 Å². The second-order valence-corrected chi connectivity index (χ2v) is 9.42. The van der Waals surface area contributed by atoms with Crippen molar-refractivity contribution in [2.24, 2.45) is 0 Å².